The van der Waals surface area contributed by atoms with E-state index in [9.17, 15) is 0 Å². The minimum Gasteiger partial charge on any atom is -0.493 e. The first-order valence-corrected chi connectivity index (χ1v) is 5.55. The lowest BCUT2D eigenvalue weighted by Gasteiger charge is -2.16. The monoisotopic (exact) mass is 233 g/mol. The Morgan fingerprint density at radius 2 is 1.94 bits per heavy atom. The number of benzene rings is 1. The van der Waals surface area contributed by atoms with Crippen LogP contribution in [0.4, 0.5) is 0 Å². The molecule has 1 aromatic rings. The molecule has 1 atom stereocenters. The third kappa shape index (κ3) is 3.40. The van der Waals surface area contributed by atoms with Gasteiger partial charge < -0.3 is 14.8 Å². The molecule has 17 heavy (non-hydrogen) atoms. The highest BCUT2D eigenvalue weighted by atomic mass is 16.5. The summed E-state index contributed by atoms with van der Waals surface area (Å²) in [4.78, 5) is 0. The van der Waals surface area contributed by atoms with Gasteiger partial charge in [0, 0.05) is 12.5 Å². The van der Waals surface area contributed by atoms with Crippen molar-refractivity contribution in [1.82, 2.24) is 5.32 Å². The van der Waals surface area contributed by atoms with Gasteiger partial charge in [-0.15, -0.1) is 11.8 Å². The molecule has 0 aliphatic carbocycles. The Balaban J connectivity index is 2.98. The number of ether oxygens (including phenoxy) is 2. The van der Waals surface area contributed by atoms with E-state index in [0.29, 0.717) is 0 Å². The first-order chi connectivity index (χ1) is 8.26. The maximum Gasteiger partial charge on any atom is 0.161 e. The summed E-state index contributed by atoms with van der Waals surface area (Å²) in [6.07, 6.45) is 0.780. The van der Waals surface area contributed by atoms with Gasteiger partial charge in [0.2, 0.25) is 0 Å². The van der Waals surface area contributed by atoms with Gasteiger partial charge in [0.1, 0.15) is 0 Å². The molecule has 1 rings (SSSR count). The minimum absolute atomic E-state index is 0.210. The molecule has 3 nitrogen and oxygen atoms in total. The van der Waals surface area contributed by atoms with Crippen LogP contribution in [0.5, 0.6) is 11.5 Å². The summed E-state index contributed by atoms with van der Waals surface area (Å²) < 4.78 is 10.5. The molecule has 1 N–H and O–H groups in total. The van der Waals surface area contributed by atoms with Gasteiger partial charge in [-0.1, -0.05) is 6.07 Å². The number of rotatable bonds is 5. The third-order valence-electron chi connectivity index (χ3n) is 2.64. The molecule has 1 aromatic carbocycles. The topological polar surface area (TPSA) is 30.5 Å². The van der Waals surface area contributed by atoms with Crippen molar-refractivity contribution in [2.24, 2.45) is 0 Å². The largest absolute Gasteiger partial charge is 0.493 e. The Morgan fingerprint density at radius 3 is 2.47 bits per heavy atom. The highest BCUT2D eigenvalue weighted by Crippen LogP contribution is 2.30. The van der Waals surface area contributed by atoms with Crippen LogP contribution in [0.1, 0.15) is 24.9 Å². The van der Waals surface area contributed by atoms with Crippen LogP contribution in [-0.2, 0) is 0 Å². The zero-order chi connectivity index (χ0) is 12.7. The summed E-state index contributed by atoms with van der Waals surface area (Å²) in [6, 6.07) is 6.14. The molecule has 0 amide bonds. The summed E-state index contributed by atoms with van der Waals surface area (Å²) in [5, 5.41) is 3.24. The van der Waals surface area contributed by atoms with Crippen LogP contribution in [0.25, 0.3) is 0 Å². The number of hydrogen-bond donors (Lipinski definition) is 1. The Kier molecular flexibility index (Phi) is 5.38. The Morgan fingerprint density at radius 1 is 1.24 bits per heavy atom. The fraction of sp³-hybridized carbons (Fsp3) is 0.429. The van der Waals surface area contributed by atoms with Crippen LogP contribution in [0.3, 0.4) is 0 Å². The molecule has 0 fully saturated rings. The summed E-state index contributed by atoms with van der Waals surface area (Å²) in [7, 11) is 5.20. The van der Waals surface area contributed by atoms with Gasteiger partial charge in [-0.25, -0.2) is 0 Å². The first kappa shape index (κ1) is 13.4. The van der Waals surface area contributed by atoms with E-state index in [1.54, 1.807) is 14.2 Å². The summed E-state index contributed by atoms with van der Waals surface area (Å²) in [5.74, 6) is 7.48. The normalized spacial score (nSPS) is 11.3. The predicted octanol–water partition coefficient (Wildman–Crippen LogP) is 2.38. The van der Waals surface area contributed by atoms with Crippen LogP contribution in [0, 0.1) is 11.8 Å². The van der Waals surface area contributed by atoms with Crippen molar-refractivity contribution >= 4 is 0 Å². The molecular formula is C14H19NO2. The second-order valence-electron chi connectivity index (χ2n) is 3.59. The maximum absolute atomic E-state index is 5.29. The molecule has 0 saturated carbocycles. The maximum atomic E-state index is 5.29. The van der Waals surface area contributed by atoms with E-state index < -0.39 is 0 Å². The van der Waals surface area contributed by atoms with E-state index in [2.05, 4.69) is 17.2 Å². The fourth-order valence-electron chi connectivity index (χ4n) is 1.66. The quantitative estimate of drug-likeness (QED) is 0.792. The van der Waals surface area contributed by atoms with Crippen molar-refractivity contribution in [3.05, 3.63) is 23.8 Å². The first-order valence-electron chi connectivity index (χ1n) is 5.55. The molecule has 0 aliphatic heterocycles. The molecule has 92 valence electrons. The second-order valence-corrected chi connectivity index (χ2v) is 3.59. The van der Waals surface area contributed by atoms with E-state index in [1.165, 1.54) is 0 Å². The van der Waals surface area contributed by atoms with E-state index in [0.717, 1.165) is 23.5 Å². The average Bonchev–Trinajstić information content (AvgIpc) is 2.39. The van der Waals surface area contributed by atoms with Gasteiger partial charge in [-0.3, -0.25) is 0 Å². The summed E-state index contributed by atoms with van der Waals surface area (Å²) >= 11 is 0. The molecule has 0 bridgehead atoms. The number of methoxy groups -OCH3 is 2. The Labute approximate surface area is 103 Å². The minimum atomic E-state index is 0.210. The molecule has 1 unspecified atom stereocenters. The Hall–Kier alpha value is -1.66. The van der Waals surface area contributed by atoms with Crippen molar-refractivity contribution in [3.8, 4) is 23.3 Å². The zero-order valence-corrected chi connectivity index (χ0v) is 10.8. The average molecular weight is 233 g/mol. The molecule has 0 radical (unpaired) electrons. The highest BCUT2D eigenvalue weighted by Gasteiger charge is 2.11. The van der Waals surface area contributed by atoms with Gasteiger partial charge in [0.25, 0.3) is 0 Å². The van der Waals surface area contributed by atoms with E-state index in [4.69, 9.17) is 9.47 Å². The lowest BCUT2D eigenvalue weighted by Crippen LogP contribution is -2.15. The molecular weight excluding hydrogens is 214 g/mol. The predicted molar refractivity (Wildman–Crippen MR) is 69.4 cm³/mol. The van der Waals surface area contributed by atoms with Crippen LogP contribution in [0.2, 0.25) is 0 Å². The van der Waals surface area contributed by atoms with Crippen LogP contribution < -0.4 is 14.8 Å². The second kappa shape index (κ2) is 6.82. The van der Waals surface area contributed by atoms with Crippen molar-refractivity contribution in [2.45, 2.75) is 19.4 Å². The van der Waals surface area contributed by atoms with Crippen LogP contribution in [-0.4, -0.2) is 21.3 Å². The van der Waals surface area contributed by atoms with E-state index in [1.807, 2.05) is 32.2 Å². The van der Waals surface area contributed by atoms with Gasteiger partial charge in [-0.2, -0.15) is 0 Å². The van der Waals surface area contributed by atoms with Crippen molar-refractivity contribution in [1.29, 1.82) is 0 Å². The van der Waals surface area contributed by atoms with Gasteiger partial charge >= 0.3 is 0 Å². The molecule has 0 aliphatic rings. The van der Waals surface area contributed by atoms with Crippen LogP contribution >= 0.6 is 0 Å². The molecule has 0 aromatic heterocycles. The van der Waals surface area contributed by atoms with Gasteiger partial charge in [-0.05, 0) is 31.7 Å². The Bertz CT molecular complexity index is 418. The lowest BCUT2D eigenvalue weighted by molar-refractivity contribution is 0.354. The number of hydrogen-bond acceptors (Lipinski definition) is 3. The standard InChI is InChI=1S/C14H19NO2/c1-5-6-7-12(15-2)11-8-9-13(16-3)14(10-11)17-4/h8-10,12,15H,7H2,1-4H3. The van der Waals surface area contributed by atoms with Gasteiger partial charge in [0.05, 0.1) is 14.2 Å². The summed E-state index contributed by atoms with van der Waals surface area (Å²) in [6.45, 7) is 1.85. The SMILES string of the molecule is CC#CCC(NC)c1ccc(OC)c(OC)c1. The van der Waals surface area contributed by atoms with E-state index in [-0.39, 0.29) is 6.04 Å². The van der Waals surface area contributed by atoms with Crippen molar-refractivity contribution in [2.75, 3.05) is 21.3 Å². The van der Waals surface area contributed by atoms with Crippen LogP contribution in [0.15, 0.2) is 18.2 Å². The smallest absolute Gasteiger partial charge is 0.161 e. The third-order valence-corrected chi connectivity index (χ3v) is 2.64. The van der Waals surface area contributed by atoms with E-state index >= 15 is 0 Å². The van der Waals surface area contributed by atoms with Crippen molar-refractivity contribution < 1.29 is 9.47 Å². The zero-order valence-electron chi connectivity index (χ0n) is 10.8. The van der Waals surface area contributed by atoms with Gasteiger partial charge in [0.15, 0.2) is 11.5 Å². The summed E-state index contributed by atoms with van der Waals surface area (Å²) in [5.41, 5.74) is 1.15. The fourth-order valence-corrected chi connectivity index (χ4v) is 1.66. The molecule has 0 saturated heterocycles. The highest BCUT2D eigenvalue weighted by molar-refractivity contribution is 5.44. The van der Waals surface area contributed by atoms with Crippen molar-refractivity contribution in [3.63, 3.8) is 0 Å². The molecule has 3 heteroatoms. The number of nitrogens with one attached hydrogen (secondary N) is 1. The molecule has 0 spiro atoms. The molecule has 0 heterocycles. The lowest BCUT2D eigenvalue weighted by atomic mass is 10.0.